The number of carbonyl (C=O) groups excluding carboxylic acids is 2. The van der Waals surface area contributed by atoms with Crippen LogP contribution >= 0.6 is 11.3 Å². The van der Waals surface area contributed by atoms with E-state index >= 15 is 0 Å². The number of nitrogens with one attached hydrogen (secondary N) is 1. The molecule has 2 aromatic heterocycles. The van der Waals surface area contributed by atoms with Crippen LogP contribution in [0.5, 0.6) is 0 Å². The minimum atomic E-state index is -0.186. The van der Waals surface area contributed by atoms with Crippen LogP contribution in [-0.2, 0) is 4.79 Å². The molecular weight excluding hydrogens is 322 g/mol. The molecule has 0 unspecified atom stereocenters. The van der Waals surface area contributed by atoms with Gasteiger partial charge in [0.1, 0.15) is 5.01 Å². The van der Waals surface area contributed by atoms with Gasteiger partial charge in [0.25, 0.3) is 0 Å². The number of thiazole rings is 1. The van der Waals surface area contributed by atoms with Crippen molar-refractivity contribution in [1.29, 1.82) is 0 Å². The molecule has 0 aliphatic heterocycles. The number of pyridine rings is 1. The summed E-state index contributed by atoms with van der Waals surface area (Å²) in [6, 6.07) is 10.9. The fraction of sp³-hybridized carbons (Fsp3) is 0.111. The average Bonchev–Trinajstić information content (AvgIpc) is 3.16. The molecule has 0 atom stereocenters. The van der Waals surface area contributed by atoms with Crippen LogP contribution in [0.2, 0.25) is 0 Å². The fourth-order valence-electron chi connectivity index (χ4n) is 2.18. The first-order chi connectivity index (χ1) is 11.7. The van der Waals surface area contributed by atoms with Gasteiger partial charge in [-0.15, -0.1) is 11.3 Å². The molecule has 1 N–H and O–H groups in total. The Kier molecular flexibility index (Phi) is 5.08. The molecule has 0 fully saturated rings. The van der Waals surface area contributed by atoms with E-state index in [0.717, 1.165) is 10.6 Å². The first kappa shape index (κ1) is 16.0. The van der Waals surface area contributed by atoms with Crippen molar-refractivity contribution in [3.8, 4) is 10.6 Å². The number of carbonyl (C=O) groups is 2. The van der Waals surface area contributed by atoms with Crippen molar-refractivity contribution < 1.29 is 9.59 Å². The Balaban J connectivity index is 1.52. The number of benzene rings is 1. The topological polar surface area (TPSA) is 72.0 Å². The normalized spacial score (nSPS) is 10.3. The van der Waals surface area contributed by atoms with E-state index in [9.17, 15) is 9.59 Å². The summed E-state index contributed by atoms with van der Waals surface area (Å²) in [5.41, 5.74) is 2.24. The fourth-order valence-corrected chi connectivity index (χ4v) is 2.83. The summed E-state index contributed by atoms with van der Waals surface area (Å²) in [7, 11) is 0. The van der Waals surface area contributed by atoms with Gasteiger partial charge in [0, 0.05) is 53.6 Å². The second-order valence-electron chi connectivity index (χ2n) is 5.13. The Bertz CT molecular complexity index is 815. The molecule has 0 saturated carbocycles. The monoisotopic (exact) mass is 337 g/mol. The van der Waals surface area contributed by atoms with Crippen LogP contribution in [0.3, 0.4) is 0 Å². The van der Waals surface area contributed by atoms with Gasteiger partial charge >= 0.3 is 0 Å². The van der Waals surface area contributed by atoms with Gasteiger partial charge in [-0.25, -0.2) is 4.98 Å². The first-order valence-electron chi connectivity index (χ1n) is 7.45. The molecule has 3 aromatic rings. The van der Waals surface area contributed by atoms with Crippen molar-refractivity contribution in [2.24, 2.45) is 0 Å². The van der Waals surface area contributed by atoms with Crippen LogP contribution in [0.15, 0.2) is 60.4 Å². The summed E-state index contributed by atoms with van der Waals surface area (Å²) in [4.78, 5) is 32.1. The van der Waals surface area contributed by atoms with E-state index in [-0.39, 0.29) is 24.5 Å². The van der Waals surface area contributed by atoms with E-state index in [2.05, 4.69) is 15.3 Å². The van der Waals surface area contributed by atoms with Crippen molar-refractivity contribution in [3.05, 3.63) is 65.9 Å². The molecule has 0 saturated heterocycles. The van der Waals surface area contributed by atoms with E-state index < -0.39 is 0 Å². The molecule has 2 heterocycles. The maximum absolute atomic E-state index is 12.0. The number of anilines is 1. The SMILES string of the molecule is O=C(CCC(=O)c1cccnc1)Nc1ccc(-c2nccs2)cc1. The lowest BCUT2D eigenvalue weighted by molar-refractivity contribution is -0.116. The third-order valence-corrected chi connectivity index (χ3v) is 4.23. The molecular formula is C18H15N3O2S. The molecule has 0 aliphatic carbocycles. The van der Waals surface area contributed by atoms with E-state index in [1.54, 1.807) is 35.9 Å². The molecule has 0 radical (unpaired) electrons. The lowest BCUT2D eigenvalue weighted by atomic mass is 10.1. The maximum Gasteiger partial charge on any atom is 0.224 e. The summed E-state index contributed by atoms with van der Waals surface area (Å²) < 4.78 is 0. The third-order valence-electron chi connectivity index (χ3n) is 3.41. The van der Waals surface area contributed by atoms with Crippen molar-refractivity contribution in [2.45, 2.75) is 12.8 Å². The molecule has 1 aromatic carbocycles. The maximum atomic E-state index is 12.0. The molecule has 0 aliphatic rings. The largest absolute Gasteiger partial charge is 0.326 e. The zero-order chi connectivity index (χ0) is 16.8. The highest BCUT2D eigenvalue weighted by Crippen LogP contribution is 2.23. The van der Waals surface area contributed by atoms with Crippen LogP contribution in [0.25, 0.3) is 10.6 Å². The molecule has 24 heavy (non-hydrogen) atoms. The lowest BCUT2D eigenvalue weighted by Crippen LogP contribution is -2.13. The Morgan fingerprint density at radius 1 is 1.04 bits per heavy atom. The standard InChI is InChI=1S/C18H15N3O2S/c22-16(14-2-1-9-19-12-14)7-8-17(23)21-15-5-3-13(4-6-15)18-20-10-11-24-18/h1-6,9-12H,7-8H2,(H,21,23). The smallest absolute Gasteiger partial charge is 0.224 e. The molecule has 1 amide bonds. The van der Waals surface area contributed by atoms with Gasteiger partial charge in [0.2, 0.25) is 5.91 Å². The van der Waals surface area contributed by atoms with E-state index in [0.29, 0.717) is 11.3 Å². The predicted octanol–water partition coefficient (Wildman–Crippen LogP) is 3.81. The highest BCUT2D eigenvalue weighted by Gasteiger charge is 2.10. The number of aromatic nitrogens is 2. The molecule has 0 spiro atoms. The van der Waals surface area contributed by atoms with Crippen LogP contribution in [0, 0.1) is 0 Å². The van der Waals surface area contributed by atoms with Gasteiger partial charge in [-0.05, 0) is 36.4 Å². The summed E-state index contributed by atoms with van der Waals surface area (Å²) >= 11 is 1.56. The van der Waals surface area contributed by atoms with Crippen molar-refractivity contribution in [3.63, 3.8) is 0 Å². The quantitative estimate of drug-likeness (QED) is 0.694. The summed E-state index contributed by atoms with van der Waals surface area (Å²) in [5.74, 6) is -0.272. The lowest BCUT2D eigenvalue weighted by Gasteiger charge is -2.06. The van der Waals surface area contributed by atoms with Gasteiger partial charge in [-0.1, -0.05) is 0 Å². The molecule has 120 valence electrons. The minimum absolute atomic E-state index is 0.0858. The Morgan fingerprint density at radius 3 is 2.54 bits per heavy atom. The highest BCUT2D eigenvalue weighted by molar-refractivity contribution is 7.13. The third kappa shape index (κ3) is 4.11. The van der Waals surface area contributed by atoms with E-state index in [1.165, 1.54) is 6.20 Å². The van der Waals surface area contributed by atoms with Crippen LogP contribution in [0.4, 0.5) is 5.69 Å². The van der Waals surface area contributed by atoms with Crippen LogP contribution < -0.4 is 5.32 Å². The Morgan fingerprint density at radius 2 is 1.88 bits per heavy atom. The average molecular weight is 337 g/mol. The molecule has 6 heteroatoms. The number of rotatable bonds is 6. The Labute approximate surface area is 143 Å². The van der Waals surface area contributed by atoms with Gasteiger partial charge < -0.3 is 5.32 Å². The predicted molar refractivity (Wildman–Crippen MR) is 94.0 cm³/mol. The summed E-state index contributed by atoms with van der Waals surface area (Å²) in [6.07, 6.45) is 5.18. The van der Waals surface area contributed by atoms with Crippen molar-refractivity contribution in [2.75, 3.05) is 5.32 Å². The minimum Gasteiger partial charge on any atom is -0.326 e. The summed E-state index contributed by atoms with van der Waals surface area (Å²) in [6.45, 7) is 0. The van der Waals surface area contributed by atoms with Gasteiger partial charge in [-0.2, -0.15) is 0 Å². The van der Waals surface area contributed by atoms with E-state index in [1.807, 2.05) is 29.6 Å². The van der Waals surface area contributed by atoms with Crippen molar-refractivity contribution >= 4 is 28.7 Å². The number of hydrogen-bond acceptors (Lipinski definition) is 5. The first-order valence-corrected chi connectivity index (χ1v) is 8.33. The summed E-state index contributed by atoms with van der Waals surface area (Å²) in [5, 5.41) is 5.66. The zero-order valence-corrected chi connectivity index (χ0v) is 13.6. The zero-order valence-electron chi connectivity index (χ0n) is 12.8. The number of Topliss-reactive ketones (excluding diaryl/α,β-unsaturated/α-hetero) is 1. The van der Waals surface area contributed by atoms with E-state index in [4.69, 9.17) is 0 Å². The van der Waals surface area contributed by atoms with Gasteiger partial charge in [0.05, 0.1) is 0 Å². The van der Waals surface area contributed by atoms with Gasteiger partial charge in [-0.3, -0.25) is 14.6 Å². The number of hydrogen-bond donors (Lipinski definition) is 1. The van der Waals surface area contributed by atoms with Crippen molar-refractivity contribution in [1.82, 2.24) is 9.97 Å². The van der Waals surface area contributed by atoms with Gasteiger partial charge in [0.15, 0.2) is 5.78 Å². The van der Waals surface area contributed by atoms with Crippen LogP contribution in [0.1, 0.15) is 23.2 Å². The number of amides is 1. The number of ketones is 1. The molecule has 0 bridgehead atoms. The second kappa shape index (κ2) is 7.61. The second-order valence-corrected chi connectivity index (χ2v) is 6.02. The molecule has 3 rings (SSSR count). The number of nitrogens with zero attached hydrogens (tertiary/aromatic N) is 2. The highest BCUT2D eigenvalue weighted by atomic mass is 32.1. The molecule has 5 nitrogen and oxygen atoms in total. The van der Waals surface area contributed by atoms with Crippen LogP contribution in [-0.4, -0.2) is 21.7 Å². The Hall–Kier alpha value is -2.86.